The van der Waals surface area contributed by atoms with E-state index in [0.29, 0.717) is 37.5 Å². The van der Waals surface area contributed by atoms with Crippen LogP contribution in [-0.4, -0.2) is 119 Å². The summed E-state index contributed by atoms with van der Waals surface area (Å²) in [6, 6.07) is 14.0. The lowest BCUT2D eigenvalue weighted by Crippen LogP contribution is -2.58. The third-order valence-corrected chi connectivity index (χ3v) is 15.1. The number of pyridine rings is 1. The smallest absolute Gasteiger partial charge is 0.417 e. The minimum atomic E-state index is -5.04. The molecule has 0 radical (unpaired) electrons. The topological polar surface area (TPSA) is 203 Å². The van der Waals surface area contributed by atoms with E-state index in [0.717, 1.165) is 27.8 Å². The van der Waals surface area contributed by atoms with E-state index in [2.05, 4.69) is 30.8 Å². The maximum atomic E-state index is 15.8. The number of ketones is 1. The van der Waals surface area contributed by atoms with Crippen molar-refractivity contribution in [3.8, 4) is 21.6 Å². The summed E-state index contributed by atoms with van der Waals surface area (Å²) in [5.41, 5.74) is 0.763. The zero-order valence-corrected chi connectivity index (χ0v) is 45.2. The molecule has 410 valence electrons. The van der Waals surface area contributed by atoms with Crippen molar-refractivity contribution in [3.63, 3.8) is 0 Å². The highest BCUT2D eigenvalue weighted by Gasteiger charge is 2.46. The number of carbonyl (C=O) groups is 6. The highest BCUT2D eigenvalue weighted by Crippen LogP contribution is 2.37. The van der Waals surface area contributed by atoms with Crippen LogP contribution in [0, 0.1) is 24.1 Å². The van der Waals surface area contributed by atoms with E-state index in [-0.39, 0.29) is 59.6 Å². The number of esters is 1. The average molecular weight is 1090 g/mol. The van der Waals surface area contributed by atoms with Crippen molar-refractivity contribution in [1.82, 2.24) is 30.4 Å². The van der Waals surface area contributed by atoms with E-state index in [1.165, 1.54) is 34.4 Å². The first-order chi connectivity index (χ1) is 36.2. The third kappa shape index (κ3) is 13.7. The Kier molecular flexibility index (Phi) is 17.6. The zero-order valence-electron chi connectivity index (χ0n) is 44.4. The first-order valence-electron chi connectivity index (χ1n) is 25.3. The maximum absolute atomic E-state index is 15.8. The number of nitrogens with one attached hydrogen (secondary N) is 4. The van der Waals surface area contributed by atoms with Gasteiger partial charge < -0.3 is 35.5 Å². The fraction of sp³-hybridized carbons (Fsp3) is 0.429. The lowest BCUT2D eigenvalue weighted by Gasteiger charge is -2.44. The van der Waals surface area contributed by atoms with Crippen LogP contribution in [0.25, 0.3) is 21.6 Å². The molecule has 2 fully saturated rings. The molecule has 3 aromatic carbocycles. The van der Waals surface area contributed by atoms with Crippen molar-refractivity contribution in [1.29, 1.82) is 0 Å². The zero-order chi connectivity index (χ0) is 56.3. The third-order valence-electron chi connectivity index (χ3n) is 14.1. The highest BCUT2D eigenvalue weighted by molar-refractivity contribution is 7.13. The van der Waals surface area contributed by atoms with Gasteiger partial charge in [0.1, 0.15) is 18.0 Å². The maximum Gasteiger partial charge on any atom is 0.417 e. The van der Waals surface area contributed by atoms with Gasteiger partial charge in [0.2, 0.25) is 17.4 Å². The Labute approximate surface area is 448 Å². The molecule has 0 bridgehead atoms. The van der Waals surface area contributed by atoms with Gasteiger partial charge in [0.15, 0.2) is 5.78 Å². The lowest BCUT2D eigenvalue weighted by molar-refractivity contribution is -0.153. The fourth-order valence-electron chi connectivity index (χ4n) is 9.51. The molecule has 0 aliphatic carbocycles. The monoisotopic (exact) mass is 1080 g/mol. The van der Waals surface area contributed by atoms with Crippen molar-refractivity contribution in [2.24, 2.45) is 11.3 Å². The summed E-state index contributed by atoms with van der Waals surface area (Å²) in [4.78, 5) is 107. The van der Waals surface area contributed by atoms with Crippen LogP contribution in [0.2, 0.25) is 0 Å². The van der Waals surface area contributed by atoms with E-state index in [1.54, 1.807) is 52.3 Å². The molecule has 77 heavy (non-hydrogen) atoms. The van der Waals surface area contributed by atoms with Crippen LogP contribution in [-0.2, 0) is 36.5 Å². The number of Topliss-reactive ketones (excluding diaryl/α,β-unsaturated/α-hetero) is 1. The number of nitrogens with zero attached hydrogens (tertiary/aromatic N) is 4. The van der Waals surface area contributed by atoms with E-state index in [1.807, 2.05) is 57.0 Å². The van der Waals surface area contributed by atoms with E-state index in [4.69, 9.17) is 4.74 Å². The summed E-state index contributed by atoms with van der Waals surface area (Å²) in [5, 5.41) is 7.82. The minimum Gasteiger partial charge on any atom is -0.460 e. The molecule has 5 atom stereocenters. The van der Waals surface area contributed by atoms with E-state index >= 15 is 4.39 Å². The van der Waals surface area contributed by atoms with Crippen LogP contribution in [0.3, 0.4) is 0 Å². The molecular formula is C56H64F4N8O8S. The molecule has 4 amide bonds. The number of thiazole rings is 1. The Morgan fingerprint density at radius 3 is 2.19 bits per heavy atom. The number of aryl methyl sites for hydroxylation is 2. The Balaban J connectivity index is 1.07. The number of aromatic amines is 1. The lowest BCUT2D eigenvalue weighted by atomic mass is 9.85. The van der Waals surface area contributed by atoms with Crippen molar-refractivity contribution >= 4 is 58.1 Å². The number of halogens is 4. The van der Waals surface area contributed by atoms with Crippen LogP contribution in [0.4, 0.5) is 28.9 Å². The predicted molar refractivity (Wildman–Crippen MR) is 285 cm³/mol. The van der Waals surface area contributed by atoms with Crippen molar-refractivity contribution in [3.05, 3.63) is 123 Å². The van der Waals surface area contributed by atoms with Gasteiger partial charge in [-0.15, -0.1) is 11.3 Å². The van der Waals surface area contributed by atoms with Gasteiger partial charge in [-0.05, 0) is 86.7 Å². The summed E-state index contributed by atoms with van der Waals surface area (Å²) >= 11 is 1.54. The number of anilines is 2. The molecule has 0 saturated carbocycles. The van der Waals surface area contributed by atoms with Crippen molar-refractivity contribution < 1.29 is 51.1 Å². The molecule has 0 unspecified atom stereocenters. The first kappa shape index (κ1) is 57.4. The van der Waals surface area contributed by atoms with Gasteiger partial charge in [0.25, 0.3) is 11.8 Å². The van der Waals surface area contributed by atoms with Gasteiger partial charge >= 0.3 is 12.1 Å². The Morgan fingerprint density at radius 2 is 1.57 bits per heavy atom. The molecule has 0 spiro atoms. The van der Waals surface area contributed by atoms with Crippen molar-refractivity contribution in [2.75, 3.05) is 43.4 Å². The summed E-state index contributed by atoms with van der Waals surface area (Å²) in [6.45, 7) is 14.7. The predicted octanol–water partition coefficient (Wildman–Crippen LogP) is 8.04. The number of ether oxygens (including phenoxy) is 1. The van der Waals surface area contributed by atoms with Gasteiger partial charge in [0, 0.05) is 61.4 Å². The second-order valence-electron chi connectivity index (χ2n) is 21.2. The SMILES string of the molecule is Cc1ncsc1-c1ccc(CCC(=O)[C@@H]2C[C@@H](OC(=O)C(C)C)CN2C(=O)[C@@H](NC(=O)CNC(=O)c2ccc(F)c(-c3ccc(N4C[C@@H](C)N(C)[C@@H](C)C4)c(NC(=O)c4c[nH]c(=O)cc4C(F)(F)F)c3)c2)C(C)(C)C)cc1. The number of H-pyrrole nitrogens is 1. The number of hydrogen-bond acceptors (Lipinski definition) is 12. The van der Waals surface area contributed by atoms with Crippen LogP contribution in [0.1, 0.15) is 98.8 Å². The standard InChI is InChI=1S/C56H64F4N8O8S/c1-30(2)54(75)76-38-22-45(46(69)19-12-34-10-13-35(14-11-34)49-33(5)63-29-77-49)68(28-38)53(74)50(55(6,7)8)65-48(71)25-62-51(72)37-15-17-42(57)39(20-37)36-16-18-44(67-26-31(3)66(9)32(4)27-67)43(21-36)64-52(73)40-24-61-47(70)23-41(40)56(58,59)60/h10-11,13-18,20-21,23-24,29-32,38,45,50H,12,19,22,25-28H2,1-9H3,(H,61,70)(H,62,72)(H,64,73)(H,65,71)/t31-,32+,38-,45+,50-/m1/s1. The fourth-order valence-corrected chi connectivity index (χ4v) is 10.3. The number of alkyl halides is 3. The molecule has 2 saturated heterocycles. The molecule has 4 N–H and O–H groups in total. The normalized spacial score (nSPS) is 18.5. The number of hydrogen-bond donors (Lipinski definition) is 4. The average Bonchev–Trinajstić information content (AvgIpc) is 4.01. The van der Waals surface area contributed by atoms with Gasteiger partial charge in [0.05, 0.1) is 63.6 Å². The minimum absolute atomic E-state index is 0.0291. The van der Waals surface area contributed by atoms with Crippen LogP contribution in [0.15, 0.2) is 83.2 Å². The number of likely N-dealkylation sites (tertiary alicyclic amines) is 1. The Hall–Kier alpha value is -7.26. The second kappa shape index (κ2) is 23.5. The number of carbonyl (C=O) groups excluding carboxylic acids is 6. The summed E-state index contributed by atoms with van der Waals surface area (Å²) in [7, 11) is 1.96. The number of amides is 4. The number of aromatic nitrogens is 2. The first-order valence-corrected chi connectivity index (χ1v) is 26.2. The van der Waals surface area contributed by atoms with Crippen LogP contribution >= 0.6 is 11.3 Å². The number of likely N-dealkylation sites (N-methyl/N-ethyl adjacent to an activating group) is 1. The van der Waals surface area contributed by atoms with Gasteiger partial charge in [-0.25, -0.2) is 9.37 Å². The second-order valence-corrected chi connectivity index (χ2v) is 22.1. The largest absolute Gasteiger partial charge is 0.460 e. The number of benzene rings is 3. The van der Waals surface area contributed by atoms with Gasteiger partial charge in [-0.1, -0.05) is 65.0 Å². The summed E-state index contributed by atoms with van der Waals surface area (Å²) in [5.74, 6) is -5.28. The quantitative estimate of drug-likeness (QED) is 0.0550. The molecular weight excluding hydrogens is 1020 g/mol. The molecule has 2 aromatic heterocycles. The van der Waals surface area contributed by atoms with Crippen LogP contribution < -0.4 is 26.4 Å². The number of rotatable bonds is 16. The molecule has 4 heterocycles. The molecule has 7 rings (SSSR count). The number of piperazine rings is 1. The van der Waals surface area contributed by atoms with E-state index in [9.17, 15) is 46.7 Å². The van der Waals surface area contributed by atoms with E-state index < -0.39 is 94.3 Å². The molecule has 2 aliphatic heterocycles. The summed E-state index contributed by atoms with van der Waals surface area (Å²) in [6.07, 6.45) is -4.59. The van der Waals surface area contributed by atoms with Crippen molar-refractivity contribution in [2.45, 2.75) is 111 Å². The van der Waals surface area contributed by atoms with Crippen LogP contribution in [0.5, 0.6) is 0 Å². The summed E-state index contributed by atoms with van der Waals surface area (Å²) < 4.78 is 63.8. The Bertz CT molecular complexity index is 3090. The van der Waals surface area contributed by atoms with Gasteiger partial charge in [-0.3, -0.25) is 38.5 Å². The van der Waals surface area contributed by atoms with Gasteiger partial charge in [-0.2, -0.15) is 13.2 Å². The Morgan fingerprint density at radius 1 is 0.896 bits per heavy atom. The molecule has 21 heteroatoms. The molecule has 2 aliphatic rings. The molecule has 16 nitrogen and oxygen atoms in total. The highest BCUT2D eigenvalue weighted by atomic mass is 32.1. The molecule has 5 aromatic rings.